The molecule has 10 nitrogen and oxygen atoms in total. The Hall–Kier alpha value is -2.98. The lowest BCUT2D eigenvalue weighted by Gasteiger charge is -2.32. The first kappa shape index (κ1) is 21.3. The molecule has 0 amide bonds. The Bertz CT molecular complexity index is 928. The first-order valence-electron chi connectivity index (χ1n) is 10.5. The number of nitrogens with one attached hydrogen (secondary N) is 1. The zero-order chi connectivity index (χ0) is 21.8. The van der Waals surface area contributed by atoms with E-state index in [0.29, 0.717) is 17.4 Å². The minimum Gasteiger partial charge on any atom is -0.497 e. The van der Waals surface area contributed by atoms with Crippen LogP contribution < -0.4 is 14.8 Å². The average Bonchev–Trinajstić information content (AvgIpc) is 3.22. The van der Waals surface area contributed by atoms with E-state index in [1.807, 2.05) is 0 Å². The first-order chi connectivity index (χ1) is 15.1. The molecule has 4 rings (SSSR count). The average molecular weight is 428 g/mol. The quantitative estimate of drug-likeness (QED) is 0.633. The number of anilines is 1. The highest BCUT2D eigenvalue weighted by Crippen LogP contribution is 2.30. The van der Waals surface area contributed by atoms with Gasteiger partial charge >= 0.3 is 0 Å². The van der Waals surface area contributed by atoms with Crippen molar-refractivity contribution in [3.8, 4) is 11.5 Å². The fourth-order valence-corrected chi connectivity index (χ4v) is 3.76. The Morgan fingerprint density at radius 1 is 1.10 bits per heavy atom. The molecule has 1 aromatic carbocycles. The standard InChI is InChI=1S/C21H29N7O3/c1-26-7-9-27(10-8-26)6-4-5-22-20-24-21-23-14-18(19(29)28(21)25-20)15-11-16(30-2)13-17(12-15)31-3/h11-14,18H,4-10H2,1-3H3,(H,22,25). The van der Waals surface area contributed by atoms with Crippen LogP contribution in [0.3, 0.4) is 0 Å². The maximum atomic E-state index is 13.0. The summed E-state index contributed by atoms with van der Waals surface area (Å²) in [5, 5.41) is 7.55. The summed E-state index contributed by atoms with van der Waals surface area (Å²) in [6.45, 7) is 6.21. The number of rotatable bonds is 8. The van der Waals surface area contributed by atoms with Gasteiger partial charge in [0.1, 0.15) is 17.4 Å². The molecule has 3 heterocycles. The highest BCUT2D eigenvalue weighted by Gasteiger charge is 2.29. The molecule has 0 bridgehead atoms. The smallest absolute Gasteiger partial charge is 0.263 e. The molecule has 1 fully saturated rings. The molecule has 2 aromatic rings. The second-order valence-corrected chi connectivity index (χ2v) is 7.81. The van der Waals surface area contributed by atoms with Crippen LogP contribution in [0.5, 0.6) is 11.5 Å². The van der Waals surface area contributed by atoms with Crippen LogP contribution in [0, 0.1) is 0 Å². The van der Waals surface area contributed by atoms with Crippen LogP contribution in [-0.2, 0) is 0 Å². The van der Waals surface area contributed by atoms with Crippen LogP contribution >= 0.6 is 0 Å². The molecule has 31 heavy (non-hydrogen) atoms. The molecule has 0 saturated carbocycles. The Balaban J connectivity index is 1.37. The lowest BCUT2D eigenvalue weighted by atomic mass is 9.98. The van der Waals surface area contributed by atoms with E-state index in [4.69, 9.17) is 9.47 Å². The fourth-order valence-electron chi connectivity index (χ4n) is 3.76. The van der Waals surface area contributed by atoms with Crippen LogP contribution in [0.15, 0.2) is 23.2 Å². The van der Waals surface area contributed by atoms with Crippen molar-refractivity contribution >= 4 is 24.0 Å². The van der Waals surface area contributed by atoms with Crippen LogP contribution in [0.2, 0.25) is 0 Å². The van der Waals surface area contributed by atoms with Gasteiger partial charge in [-0.05, 0) is 37.7 Å². The Morgan fingerprint density at radius 3 is 2.48 bits per heavy atom. The molecule has 1 atom stereocenters. The number of nitrogens with zero attached hydrogens (tertiary/aromatic N) is 6. The van der Waals surface area contributed by atoms with Crippen molar-refractivity contribution in [2.24, 2.45) is 4.99 Å². The van der Waals surface area contributed by atoms with Crippen molar-refractivity contribution in [3.05, 3.63) is 23.8 Å². The number of carbonyl (C=O) groups excluding carboxylic acids is 1. The third-order valence-corrected chi connectivity index (χ3v) is 5.67. The van der Waals surface area contributed by atoms with Crippen molar-refractivity contribution in [3.63, 3.8) is 0 Å². The number of benzene rings is 1. The number of aliphatic imine (C=N–C) groups is 1. The lowest BCUT2D eigenvalue weighted by molar-refractivity contribution is 0.0887. The Kier molecular flexibility index (Phi) is 6.47. The van der Waals surface area contributed by atoms with Crippen molar-refractivity contribution in [2.75, 3.05) is 65.9 Å². The van der Waals surface area contributed by atoms with Gasteiger partial charge in [-0.3, -0.25) is 4.79 Å². The van der Waals surface area contributed by atoms with Crippen LogP contribution in [0.4, 0.5) is 11.9 Å². The summed E-state index contributed by atoms with van der Waals surface area (Å²) in [5.41, 5.74) is 0.729. The summed E-state index contributed by atoms with van der Waals surface area (Å²) in [6, 6.07) is 5.37. The molecule has 166 valence electrons. The van der Waals surface area contributed by atoms with Gasteiger partial charge < -0.3 is 24.6 Å². The molecule has 10 heteroatoms. The van der Waals surface area contributed by atoms with E-state index >= 15 is 0 Å². The number of hydrogen-bond acceptors (Lipinski definition) is 9. The fraction of sp³-hybridized carbons (Fsp3) is 0.524. The van der Waals surface area contributed by atoms with Gasteiger partial charge in [-0.1, -0.05) is 0 Å². The maximum absolute atomic E-state index is 13.0. The molecule has 1 N–H and O–H groups in total. The molecule has 0 spiro atoms. The van der Waals surface area contributed by atoms with Gasteiger partial charge in [0, 0.05) is 45.0 Å². The number of likely N-dealkylation sites (N-methyl/N-ethyl adjacent to an activating group) is 1. The summed E-state index contributed by atoms with van der Waals surface area (Å²) in [5.74, 6) is 1.15. The predicted octanol–water partition coefficient (Wildman–Crippen LogP) is 1.48. The number of carbonyl (C=O) groups is 1. The monoisotopic (exact) mass is 427 g/mol. The number of aromatic nitrogens is 3. The normalized spacial score (nSPS) is 19.3. The van der Waals surface area contributed by atoms with E-state index in [1.54, 1.807) is 38.6 Å². The van der Waals surface area contributed by atoms with Gasteiger partial charge in [-0.2, -0.15) is 9.67 Å². The molecule has 0 aliphatic carbocycles. The van der Waals surface area contributed by atoms with Gasteiger partial charge in [-0.25, -0.2) is 4.99 Å². The number of ether oxygens (including phenoxy) is 2. The minimum atomic E-state index is -0.580. The molecule has 2 aliphatic heterocycles. The SMILES string of the molecule is COc1cc(OC)cc(C2C=Nc3nc(NCCCN4CCN(C)CC4)nn3C2=O)c1. The van der Waals surface area contributed by atoms with Crippen LogP contribution in [0.1, 0.15) is 22.7 Å². The largest absolute Gasteiger partial charge is 0.497 e. The molecular formula is C21H29N7O3. The van der Waals surface area contributed by atoms with Crippen molar-refractivity contribution in [1.29, 1.82) is 0 Å². The van der Waals surface area contributed by atoms with Crippen LogP contribution in [0.25, 0.3) is 0 Å². The third kappa shape index (κ3) is 4.86. The number of methoxy groups -OCH3 is 2. The lowest BCUT2D eigenvalue weighted by Crippen LogP contribution is -2.44. The van der Waals surface area contributed by atoms with Crippen molar-refractivity contribution < 1.29 is 14.3 Å². The van der Waals surface area contributed by atoms with E-state index in [1.165, 1.54) is 4.68 Å². The van der Waals surface area contributed by atoms with Crippen molar-refractivity contribution in [2.45, 2.75) is 12.3 Å². The molecule has 1 unspecified atom stereocenters. The topological polar surface area (TPSA) is 97.1 Å². The number of hydrogen-bond donors (Lipinski definition) is 1. The van der Waals surface area contributed by atoms with Crippen LogP contribution in [-0.4, -0.2) is 97.2 Å². The highest BCUT2D eigenvalue weighted by molar-refractivity contribution is 6.03. The van der Waals surface area contributed by atoms with E-state index in [0.717, 1.165) is 51.3 Å². The second-order valence-electron chi connectivity index (χ2n) is 7.81. The molecule has 0 radical (unpaired) electrons. The Morgan fingerprint density at radius 2 is 1.81 bits per heavy atom. The molecule has 1 saturated heterocycles. The summed E-state index contributed by atoms with van der Waals surface area (Å²) in [7, 11) is 5.31. The van der Waals surface area contributed by atoms with Gasteiger partial charge in [0.25, 0.3) is 11.9 Å². The van der Waals surface area contributed by atoms with Gasteiger partial charge in [0.2, 0.25) is 5.95 Å². The zero-order valence-electron chi connectivity index (χ0n) is 18.2. The minimum absolute atomic E-state index is 0.210. The third-order valence-electron chi connectivity index (χ3n) is 5.67. The van der Waals surface area contributed by atoms with Gasteiger partial charge in [0.05, 0.1) is 14.2 Å². The van der Waals surface area contributed by atoms with Crippen molar-refractivity contribution in [1.82, 2.24) is 24.6 Å². The maximum Gasteiger partial charge on any atom is 0.263 e. The van der Waals surface area contributed by atoms with Gasteiger partial charge in [0.15, 0.2) is 0 Å². The molecular weight excluding hydrogens is 398 g/mol. The van der Waals surface area contributed by atoms with E-state index in [-0.39, 0.29) is 11.9 Å². The Labute approximate surface area is 181 Å². The summed E-state index contributed by atoms with van der Waals surface area (Å²) in [6.07, 6.45) is 2.58. The van der Waals surface area contributed by atoms with E-state index in [2.05, 4.69) is 37.2 Å². The summed E-state index contributed by atoms with van der Waals surface area (Å²) < 4.78 is 11.9. The number of fused-ring (bicyclic) bond motifs is 1. The summed E-state index contributed by atoms with van der Waals surface area (Å²) in [4.78, 5) is 26.6. The predicted molar refractivity (Wildman–Crippen MR) is 118 cm³/mol. The summed E-state index contributed by atoms with van der Waals surface area (Å²) >= 11 is 0. The van der Waals surface area contributed by atoms with Gasteiger partial charge in [-0.15, -0.1) is 5.10 Å². The highest BCUT2D eigenvalue weighted by atomic mass is 16.5. The first-order valence-corrected chi connectivity index (χ1v) is 10.5. The van der Waals surface area contributed by atoms with E-state index in [9.17, 15) is 4.79 Å². The second kappa shape index (κ2) is 9.44. The number of piperazine rings is 1. The molecule has 2 aliphatic rings. The van der Waals surface area contributed by atoms with E-state index < -0.39 is 5.92 Å². The molecule has 1 aromatic heterocycles. The zero-order valence-corrected chi connectivity index (χ0v) is 18.2.